The van der Waals surface area contributed by atoms with E-state index < -0.39 is 0 Å². The maximum atomic E-state index is 11.1. The van der Waals surface area contributed by atoms with Crippen LogP contribution in [0.3, 0.4) is 0 Å². The van der Waals surface area contributed by atoms with E-state index >= 15 is 0 Å². The molecule has 86 valence electrons. The minimum absolute atomic E-state index is 0.221. The van der Waals surface area contributed by atoms with Gasteiger partial charge in [0.1, 0.15) is 0 Å². The van der Waals surface area contributed by atoms with E-state index in [1.807, 2.05) is 36.4 Å². The van der Waals surface area contributed by atoms with Crippen LogP contribution in [0, 0.1) is 0 Å². The van der Waals surface area contributed by atoms with E-state index in [1.54, 1.807) is 12.4 Å². The highest BCUT2D eigenvalue weighted by Crippen LogP contribution is 2.18. The Kier molecular flexibility index (Phi) is 3.50. The molecular formula is C14H13NO2. The second-order valence-electron chi connectivity index (χ2n) is 3.69. The third-order valence-electron chi connectivity index (χ3n) is 2.54. The molecule has 0 N–H and O–H groups in total. The minimum atomic E-state index is -0.221. The van der Waals surface area contributed by atoms with E-state index in [2.05, 4.69) is 9.72 Å². The number of aromatic nitrogens is 1. The summed E-state index contributed by atoms with van der Waals surface area (Å²) < 4.78 is 4.62. The Labute approximate surface area is 100 Å². The normalized spacial score (nSPS) is 9.94. The predicted octanol–water partition coefficient (Wildman–Crippen LogP) is 2.46. The van der Waals surface area contributed by atoms with Gasteiger partial charge in [-0.25, -0.2) is 0 Å². The van der Waals surface area contributed by atoms with E-state index in [0.717, 1.165) is 16.7 Å². The molecule has 0 aliphatic carbocycles. The highest BCUT2D eigenvalue weighted by molar-refractivity contribution is 5.73. The van der Waals surface area contributed by atoms with Crippen molar-refractivity contribution < 1.29 is 9.53 Å². The summed E-state index contributed by atoms with van der Waals surface area (Å²) in [6.45, 7) is 0. The molecule has 17 heavy (non-hydrogen) atoms. The Morgan fingerprint density at radius 1 is 1.06 bits per heavy atom. The van der Waals surface area contributed by atoms with Gasteiger partial charge in [0.05, 0.1) is 13.5 Å². The van der Waals surface area contributed by atoms with E-state index in [9.17, 15) is 4.79 Å². The van der Waals surface area contributed by atoms with Crippen LogP contribution >= 0.6 is 0 Å². The number of carbonyl (C=O) groups excluding carboxylic acids is 1. The molecule has 1 aromatic heterocycles. The Hall–Kier alpha value is -2.16. The second-order valence-corrected chi connectivity index (χ2v) is 3.69. The lowest BCUT2D eigenvalue weighted by Crippen LogP contribution is -2.04. The highest BCUT2D eigenvalue weighted by Gasteiger charge is 2.03. The molecule has 0 bridgehead atoms. The average Bonchev–Trinajstić information content (AvgIpc) is 2.40. The zero-order chi connectivity index (χ0) is 12.1. The van der Waals surface area contributed by atoms with Gasteiger partial charge in [-0.3, -0.25) is 9.78 Å². The van der Waals surface area contributed by atoms with Crippen molar-refractivity contribution in [2.45, 2.75) is 6.42 Å². The lowest BCUT2D eigenvalue weighted by molar-refractivity contribution is -0.139. The van der Waals surface area contributed by atoms with Gasteiger partial charge < -0.3 is 4.74 Å². The number of nitrogens with zero attached hydrogens (tertiary/aromatic N) is 1. The molecule has 2 rings (SSSR count). The van der Waals surface area contributed by atoms with Crippen LogP contribution in [0.25, 0.3) is 11.1 Å². The van der Waals surface area contributed by atoms with Crippen molar-refractivity contribution in [3.63, 3.8) is 0 Å². The monoisotopic (exact) mass is 227 g/mol. The van der Waals surface area contributed by atoms with Gasteiger partial charge in [-0.1, -0.05) is 24.3 Å². The van der Waals surface area contributed by atoms with Gasteiger partial charge in [0, 0.05) is 12.4 Å². The summed E-state index contributed by atoms with van der Waals surface area (Å²) in [4.78, 5) is 15.1. The molecule has 0 spiro atoms. The van der Waals surface area contributed by atoms with Crippen LogP contribution in [0.4, 0.5) is 0 Å². The quantitative estimate of drug-likeness (QED) is 0.756. The fourth-order valence-electron chi connectivity index (χ4n) is 1.60. The topological polar surface area (TPSA) is 39.2 Å². The molecule has 0 saturated carbocycles. The first-order chi connectivity index (χ1) is 8.29. The SMILES string of the molecule is COC(=O)Cc1ccc(-c2ccncc2)cc1. The number of ether oxygens (including phenoxy) is 1. The Morgan fingerprint density at radius 2 is 1.65 bits per heavy atom. The maximum absolute atomic E-state index is 11.1. The van der Waals surface area contributed by atoms with E-state index in [1.165, 1.54) is 7.11 Å². The fourth-order valence-corrected chi connectivity index (χ4v) is 1.60. The van der Waals surface area contributed by atoms with Crippen molar-refractivity contribution in [2.75, 3.05) is 7.11 Å². The summed E-state index contributed by atoms with van der Waals surface area (Å²) in [5.41, 5.74) is 3.18. The largest absolute Gasteiger partial charge is 0.469 e. The van der Waals surface area contributed by atoms with Gasteiger partial charge in [-0.05, 0) is 28.8 Å². The van der Waals surface area contributed by atoms with Crippen LogP contribution in [0.15, 0.2) is 48.8 Å². The fraction of sp³-hybridized carbons (Fsp3) is 0.143. The Balaban J connectivity index is 2.16. The van der Waals surface area contributed by atoms with Crippen molar-refractivity contribution in [3.05, 3.63) is 54.4 Å². The number of hydrogen-bond acceptors (Lipinski definition) is 3. The number of rotatable bonds is 3. The molecule has 0 radical (unpaired) electrons. The molecule has 1 heterocycles. The molecule has 0 saturated heterocycles. The third-order valence-corrected chi connectivity index (χ3v) is 2.54. The molecule has 3 nitrogen and oxygen atoms in total. The lowest BCUT2D eigenvalue weighted by atomic mass is 10.0. The van der Waals surface area contributed by atoms with Gasteiger partial charge in [0.15, 0.2) is 0 Å². The second kappa shape index (κ2) is 5.25. The first-order valence-electron chi connectivity index (χ1n) is 5.36. The number of methoxy groups -OCH3 is 1. The van der Waals surface area contributed by atoms with Crippen LogP contribution in [0.5, 0.6) is 0 Å². The molecule has 0 amide bonds. The molecule has 0 atom stereocenters. The lowest BCUT2D eigenvalue weighted by Gasteiger charge is -2.03. The van der Waals surface area contributed by atoms with Crippen LogP contribution < -0.4 is 0 Å². The van der Waals surface area contributed by atoms with Gasteiger partial charge in [0.25, 0.3) is 0 Å². The van der Waals surface area contributed by atoms with Gasteiger partial charge in [-0.2, -0.15) is 0 Å². The molecule has 0 fully saturated rings. The average molecular weight is 227 g/mol. The van der Waals surface area contributed by atoms with Crippen LogP contribution in [-0.4, -0.2) is 18.1 Å². The third kappa shape index (κ3) is 2.91. The smallest absolute Gasteiger partial charge is 0.309 e. The first-order valence-corrected chi connectivity index (χ1v) is 5.36. The van der Waals surface area contributed by atoms with Gasteiger partial charge in [-0.15, -0.1) is 0 Å². The van der Waals surface area contributed by atoms with Crippen molar-refractivity contribution in [1.82, 2.24) is 4.98 Å². The summed E-state index contributed by atoms with van der Waals surface area (Å²) in [6, 6.07) is 11.8. The summed E-state index contributed by atoms with van der Waals surface area (Å²) in [6.07, 6.45) is 3.84. The molecule has 0 aliphatic rings. The number of benzene rings is 1. The van der Waals surface area contributed by atoms with E-state index in [4.69, 9.17) is 0 Å². The number of hydrogen-bond donors (Lipinski definition) is 0. The minimum Gasteiger partial charge on any atom is -0.469 e. The highest BCUT2D eigenvalue weighted by atomic mass is 16.5. The van der Waals surface area contributed by atoms with E-state index in [0.29, 0.717) is 6.42 Å². The maximum Gasteiger partial charge on any atom is 0.309 e. The van der Waals surface area contributed by atoms with Crippen molar-refractivity contribution in [3.8, 4) is 11.1 Å². The number of esters is 1. The van der Waals surface area contributed by atoms with Crippen molar-refractivity contribution >= 4 is 5.97 Å². The summed E-state index contributed by atoms with van der Waals surface area (Å²) in [7, 11) is 1.40. The van der Waals surface area contributed by atoms with Gasteiger partial charge >= 0.3 is 5.97 Å². The standard InChI is InChI=1S/C14H13NO2/c1-17-14(16)10-11-2-4-12(5-3-11)13-6-8-15-9-7-13/h2-9H,10H2,1H3. The molecule has 3 heteroatoms. The molecular weight excluding hydrogens is 214 g/mol. The molecule has 0 aliphatic heterocycles. The summed E-state index contributed by atoms with van der Waals surface area (Å²) >= 11 is 0. The summed E-state index contributed by atoms with van der Waals surface area (Å²) in [5, 5.41) is 0. The van der Waals surface area contributed by atoms with Crippen LogP contribution in [0.2, 0.25) is 0 Å². The molecule has 0 unspecified atom stereocenters. The Bertz CT molecular complexity index is 491. The van der Waals surface area contributed by atoms with Crippen LogP contribution in [-0.2, 0) is 16.0 Å². The summed E-state index contributed by atoms with van der Waals surface area (Å²) in [5.74, 6) is -0.221. The van der Waals surface area contributed by atoms with E-state index in [-0.39, 0.29) is 5.97 Å². The zero-order valence-electron chi connectivity index (χ0n) is 9.59. The molecule has 1 aromatic carbocycles. The van der Waals surface area contributed by atoms with Crippen molar-refractivity contribution in [2.24, 2.45) is 0 Å². The number of carbonyl (C=O) groups is 1. The number of pyridine rings is 1. The predicted molar refractivity (Wildman–Crippen MR) is 65.4 cm³/mol. The van der Waals surface area contributed by atoms with Gasteiger partial charge in [0.2, 0.25) is 0 Å². The zero-order valence-corrected chi connectivity index (χ0v) is 9.59. The Morgan fingerprint density at radius 3 is 2.24 bits per heavy atom. The van der Waals surface area contributed by atoms with Crippen molar-refractivity contribution in [1.29, 1.82) is 0 Å². The molecule has 2 aromatic rings. The first kappa shape index (κ1) is 11.3. The van der Waals surface area contributed by atoms with Crippen LogP contribution in [0.1, 0.15) is 5.56 Å².